The molecular weight excluding hydrogens is 212 g/mol. The summed E-state index contributed by atoms with van der Waals surface area (Å²) in [6.45, 7) is 3.88. The summed E-state index contributed by atoms with van der Waals surface area (Å²) in [5.74, 6) is -0.484. The molecule has 0 aliphatic carbocycles. The lowest BCUT2D eigenvalue weighted by Crippen LogP contribution is -2.00. The van der Waals surface area contributed by atoms with Gasteiger partial charge in [-0.05, 0) is 30.5 Å². The van der Waals surface area contributed by atoms with Crippen molar-refractivity contribution in [3.63, 3.8) is 0 Å². The maximum absolute atomic E-state index is 11.2. The van der Waals surface area contributed by atoms with Crippen LogP contribution in [0, 0.1) is 6.92 Å². The lowest BCUT2D eigenvalue weighted by Gasteiger charge is -2.02. The third kappa shape index (κ3) is 3.10. The molecule has 1 rings (SSSR count). The monoisotopic (exact) mass is 224 g/mol. The number of halogens is 1. The van der Waals surface area contributed by atoms with Crippen molar-refractivity contribution in [1.29, 1.82) is 0 Å². The number of carbonyl (C=O) groups excluding carboxylic acids is 1. The summed E-state index contributed by atoms with van der Waals surface area (Å²) in [5, 5.41) is 0. The first-order chi connectivity index (χ1) is 7.19. The molecule has 0 bridgehead atoms. The minimum Gasteiger partial charge on any atom is -0.343 e. The molecule has 0 aliphatic heterocycles. The van der Waals surface area contributed by atoms with Gasteiger partial charge in [0.15, 0.2) is 0 Å². The average Bonchev–Trinajstić information content (AvgIpc) is 2.27. The van der Waals surface area contributed by atoms with Crippen molar-refractivity contribution in [2.75, 3.05) is 0 Å². The van der Waals surface area contributed by atoms with Crippen molar-refractivity contribution in [3.8, 4) is 0 Å². The van der Waals surface area contributed by atoms with Crippen molar-refractivity contribution in [2.24, 2.45) is 0 Å². The van der Waals surface area contributed by atoms with Gasteiger partial charge in [0.25, 0.3) is 0 Å². The predicted octanol–water partition coefficient (Wildman–Crippen LogP) is 3.49. The Morgan fingerprint density at radius 2 is 2.13 bits per heavy atom. The highest BCUT2D eigenvalue weighted by Crippen LogP contribution is 2.15. The Bertz CT molecular complexity index is 383. The van der Waals surface area contributed by atoms with E-state index < -0.39 is 5.97 Å². The minimum absolute atomic E-state index is 0.484. The molecule has 0 aromatic heterocycles. The average molecular weight is 225 g/mol. The Morgan fingerprint density at radius 3 is 2.67 bits per heavy atom. The van der Waals surface area contributed by atoms with Gasteiger partial charge in [-0.15, -0.1) is 0 Å². The molecule has 0 atom stereocenters. The van der Waals surface area contributed by atoms with Crippen LogP contribution in [0.15, 0.2) is 29.8 Å². The second-order valence-electron chi connectivity index (χ2n) is 3.24. The molecule has 0 heterocycles. The lowest BCUT2D eigenvalue weighted by molar-refractivity contribution is -0.129. The van der Waals surface area contributed by atoms with Crippen molar-refractivity contribution in [3.05, 3.63) is 41.0 Å². The molecule has 3 heteroatoms. The van der Waals surface area contributed by atoms with E-state index in [-0.39, 0.29) is 0 Å². The molecule has 0 saturated carbocycles. The first-order valence-corrected chi connectivity index (χ1v) is 5.09. The number of rotatable bonds is 3. The fraction of sp³-hybridized carbons (Fsp3) is 0.250. The zero-order chi connectivity index (χ0) is 11.3. The summed E-state index contributed by atoms with van der Waals surface area (Å²) in [4.78, 5) is 11.2. The summed E-state index contributed by atoms with van der Waals surface area (Å²) in [5.41, 5.74) is 2.70. The summed E-state index contributed by atoms with van der Waals surface area (Å²) in [6, 6.07) is 7.83. The van der Waals surface area contributed by atoms with Crippen molar-refractivity contribution >= 4 is 23.9 Å². The van der Waals surface area contributed by atoms with Crippen molar-refractivity contribution < 1.29 is 9.08 Å². The van der Waals surface area contributed by atoms with Gasteiger partial charge in [-0.3, -0.25) is 0 Å². The van der Waals surface area contributed by atoms with Crippen LogP contribution in [0.4, 0.5) is 0 Å². The molecule has 0 unspecified atom stereocenters. The van der Waals surface area contributed by atoms with E-state index in [1.165, 1.54) is 0 Å². The van der Waals surface area contributed by atoms with Gasteiger partial charge < -0.3 is 4.29 Å². The van der Waals surface area contributed by atoms with Gasteiger partial charge in [-0.2, -0.15) is 0 Å². The van der Waals surface area contributed by atoms with E-state index in [1.54, 1.807) is 6.08 Å². The Balaban J connectivity index is 3.03. The largest absolute Gasteiger partial charge is 0.352 e. The van der Waals surface area contributed by atoms with Crippen LogP contribution in [0.5, 0.6) is 0 Å². The number of hydrogen-bond donors (Lipinski definition) is 0. The first-order valence-electron chi connectivity index (χ1n) is 4.78. The van der Waals surface area contributed by atoms with E-state index >= 15 is 0 Å². The smallest absolute Gasteiger partial charge is 0.343 e. The normalized spacial score (nSPS) is 11.3. The minimum atomic E-state index is -0.484. The molecule has 1 aromatic carbocycles. The molecule has 0 amide bonds. The van der Waals surface area contributed by atoms with Crippen LogP contribution in [0.1, 0.15) is 24.5 Å². The van der Waals surface area contributed by atoms with Crippen molar-refractivity contribution in [1.82, 2.24) is 0 Å². The second-order valence-corrected chi connectivity index (χ2v) is 3.40. The summed E-state index contributed by atoms with van der Waals surface area (Å²) >= 11 is 5.04. The van der Waals surface area contributed by atoms with E-state index in [4.69, 9.17) is 11.9 Å². The third-order valence-corrected chi connectivity index (χ3v) is 2.37. The van der Waals surface area contributed by atoms with E-state index in [1.807, 2.05) is 38.1 Å². The second kappa shape index (κ2) is 5.56. The Kier molecular flexibility index (Phi) is 4.37. The first kappa shape index (κ1) is 11.8. The highest BCUT2D eigenvalue weighted by Gasteiger charge is 2.08. The Morgan fingerprint density at radius 1 is 1.47 bits per heavy atom. The van der Waals surface area contributed by atoms with Crippen LogP contribution in [0.2, 0.25) is 0 Å². The predicted molar refractivity (Wildman–Crippen MR) is 61.4 cm³/mol. The molecule has 2 nitrogen and oxygen atoms in total. The number of hydrogen-bond acceptors (Lipinski definition) is 2. The fourth-order valence-corrected chi connectivity index (χ4v) is 1.39. The fourth-order valence-electron chi connectivity index (χ4n) is 1.29. The molecule has 80 valence electrons. The van der Waals surface area contributed by atoms with Crippen LogP contribution in [0.25, 0.3) is 6.08 Å². The van der Waals surface area contributed by atoms with E-state index in [9.17, 15) is 4.79 Å². The van der Waals surface area contributed by atoms with Crippen LogP contribution in [-0.2, 0) is 9.08 Å². The molecule has 0 fully saturated rings. The van der Waals surface area contributed by atoms with Gasteiger partial charge in [-0.25, -0.2) is 4.79 Å². The van der Waals surface area contributed by atoms with Crippen molar-refractivity contribution in [2.45, 2.75) is 20.3 Å². The van der Waals surface area contributed by atoms with Gasteiger partial charge in [0, 0.05) is 5.57 Å². The van der Waals surface area contributed by atoms with Crippen LogP contribution >= 0.6 is 11.9 Å². The number of carbonyl (C=O) groups is 1. The zero-order valence-corrected chi connectivity index (χ0v) is 9.54. The highest BCUT2D eigenvalue weighted by atomic mass is 35.5. The standard InChI is InChI=1S/C12H13ClO2/c1-3-10(12(14)15-13)8-11-7-5-4-6-9(11)2/h4-8H,3H2,1-2H3. The molecular formula is C12H13ClO2. The van der Waals surface area contributed by atoms with Crippen LogP contribution in [0.3, 0.4) is 0 Å². The summed E-state index contributed by atoms with van der Waals surface area (Å²) in [6.07, 6.45) is 2.40. The molecule has 0 spiro atoms. The van der Waals surface area contributed by atoms with Gasteiger partial charge in [-0.1, -0.05) is 31.2 Å². The molecule has 15 heavy (non-hydrogen) atoms. The number of aryl methyl sites for hydroxylation is 1. The van der Waals surface area contributed by atoms with Gasteiger partial charge in [0.1, 0.15) is 11.9 Å². The molecule has 0 aliphatic rings. The van der Waals surface area contributed by atoms with E-state index in [2.05, 4.69) is 4.29 Å². The van der Waals surface area contributed by atoms with Gasteiger partial charge >= 0.3 is 5.97 Å². The molecule has 0 radical (unpaired) electrons. The lowest BCUT2D eigenvalue weighted by atomic mass is 10.0. The topological polar surface area (TPSA) is 26.3 Å². The SMILES string of the molecule is CCC(=Cc1ccccc1C)C(=O)OCl. The zero-order valence-electron chi connectivity index (χ0n) is 8.79. The van der Waals surface area contributed by atoms with E-state index in [0.717, 1.165) is 11.1 Å². The third-order valence-electron chi connectivity index (χ3n) is 2.23. The summed E-state index contributed by atoms with van der Waals surface area (Å²) in [7, 11) is 0. The van der Waals surface area contributed by atoms with E-state index in [0.29, 0.717) is 12.0 Å². The van der Waals surface area contributed by atoms with Crippen LogP contribution in [-0.4, -0.2) is 5.97 Å². The quantitative estimate of drug-likeness (QED) is 0.735. The summed E-state index contributed by atoms with van der Waals surface area (Å²) < 4.78 is 4.18. The van der Waals surface area contributed by atoms with Gasteiger partial charge in [0.05, 0.1) is 0 Å². The maximum atomic E-state index is 11.2. The highest BCUT2D eigenvalue weighted by molar-refractivity contribution is 6.16. The molecule has 0 saturated heterocycles. The Hall–Kier alpha value is -1.28. The molecule has 1 aromatic rings. The molecule has 0 N–H and O–H groups in total. The number of benzene rings is 1. The van der Waals surface area contributed by atoms with Crippen LogP contribution < -0.4 is 0 Å². The maximum Gasteiger partial charge on any atom is 0.352 e. The van der Waals surface area contributed by atoms with Gasteiger partial charge in [0.2, 0.25) is 0 Å². The Labute approximate surface area is 94.7 Å².